The average Bonchev–Trinajstić information content (AvgIpc) is 1.83. The molecule has 0 heterocycles. The van der Waals surface area contributed by atoms with Crippen LogP contribution in [0, 0.1) is 0 Å². The molecule has 1 N–H and O–H groups in total. The van der Waals surface area contributed by atoms with Crippen LogP contribution in [0.25, 0.3) is 0 Å². The predicted molar refractivity (Wildman–Crippen MR) is 29.3 cm³/mol. The van der Waals surface area contributed by atoms with E-state index in [-0.39, 0.29) is 6.04 Å². The summed E-state index contributed by atoms with van der Waals surface area (Å²) in [5, 5.41) is 2.33. The van der Waals surface area contributed by atoms with Crippen LogP contribution in [0.15, 0.2) is 0 Å². The predicted octanol–water partition coefficient (Wildman–Crippen LogP) is -0.290. The number of carbonyl (C=O) groups excluding carboxylic acids is 2. The third-order valence-electron chi connectivity index (χ3n) is 0.886. The van der Waals surface area contributed by atoms with E-state index in [1.807, 2.05) is 6.92 Å². The molecule has 1 amide bonds. The van der Waals surface area contributed by atoms with Crippen LogP contribution >= 0.6 is 0 Å². The maximum Gasteiger partial charge on any atom is 0.207 e. The van der Waals surface area contributed by atoms with E-state index in [9.17, 15) is 9.59 Å². The smallest absolute Gasteiger partial charge is 0.207 e. The quantitative estimate of drug-likeness (QED) is 0.512. The molecule has 0 radical (unpaired) electrons. The molecule has 1 atom stereocenters. The molecule has 1 unspecified atom stereocenters. The van der Waals surface area contributed by atoms with Crippen molar-refractivity contribution < 1.29 is 9.59 Å². The summed E-state index contributed by atoms with van der Waals surface area (Å²) in [6.45, 7) is 1.83. The molecule has 0 aliphatic carbocycles. The first-order valence-electron chi connectivity index (χ1n) is 2.50. The van der Waals surface area contributed by atoms with E-state index >= 15 is 0 Å². The van der Waals surface area contributed by atoms with Crippen molar-refractivity contribution in [3.05, 3.63) is 0 Å². The molecule has 3 nitrogen and oxygen atoms in total. The minimum absolute atomic E-state index is 0.299. The normalized spacial score (nSPS) is 12.1. The zero-order valence-electron chi connectivity index (χ0n) is 4.76. The summed E-state index contributed by atoms with van der Waals surface area (Å²) in [4.78, 5) is 19.6. The highest BCUT2D eigenvalue weighted by Gasteiger charge is 1.97. The number of aldehydes is 1. The van der Waals surface area contributed by atoms with Crippen molar-refractivity contribution in [3.63, 3.8) is 0 Å². The first kappa shape index (κ1) is 7.14. The zero-order valence-corrected chi connectivity index (χ0v) is 4.76. The number of nitrogens with one attached hydrogen (secondary N) is 1. The zero-order chi connectivity index (χ0) is 6.41. The molecule has 0 aromatic heterocycles. The lowest BCUT2D eigenvalue weighted by Crippen LogP contribution is -2.27. The second-order valence-electron chi connectivity index (χ2n) is 1.44. The van der Waals surface area contributed by atoms with E-state index in [2.05, 4.69) is 5.32 Å². The van der Waals surface area contributed by atoms with E-state index in [1.165, 1.54) is 0 Å². The number of carbonyl (C=O) groups is 2. The molecule has 0 aliphatic rings. The van der Waals surface area contributed by atoms with Crippen molar-refractivity contribution in [1.29, 1.82) is 0 Å². The number of amides is 1. The Morgan fingerprint density at radius 1 is 1.62 bits per heavy atom. The van der Waals surface area contributed by atoms with Crippen LogP contribution < -0.4 is 5.32 Å². The highest BCUT2D eigenvalue weighted by molar-refractivity contribution is 5.63. The lowest BCUT2D eigenvalue weighted by atomic mass is 10.3. The molecule has 0 aromatic carbocycles. The maximum absolute atomic E-state index is 9.90. The van der Waals surface area contributed by atoms with Gasteiger partial charge in [0, 0.05) is 0 Å². The standard InChI is InChI=1S/C5H9NO2/c1-2-5(3-7)6-4-8/h3-5H,2H2,1H3,(H,6,8). The van der Waals surface area contributed by atoms with Gasteiger partial charge in [-0.25, -0.2) is 0 Å². The number of rotatable bonds is 4. The molecule has 0 saturated carbocycles. The Morgan fingerprint density at radius 2 is 2.25 bits per heavy atom. The Balaban J connectivity index is 3.35. The molecule has 3 heteroatoms. The minimum Gasteiger partial charge on any atom is -0.349 e. The Morgan fingerprint density at radius 3 is 2.38 bits per heavy atom. The van der Waals surface area contributed by atoms with Gasteiger partial charge in [0.2, 0.25) is 6.41 Å². The largest absolute Gasteiger partial charge is 0.349 e. The second-order valence-corrected chi connectivity index (χ2v) is 1.44. The summed E-state index contributed by atoms with van der Waals surface area (Å²) in [6.07, 6.45) is 1.90. The van der Waals surface area contributed by atoms with Gasteiger partial charge in [0.1, 0.15) is 6.29 Å². The highest BCUT2D eigenvalue weighted by atomic mass is 16.1. The third kappa shape index (κ3) is 2.34. The van der Waals surface area contributed by atoms with Crippen LogP contribution in [0.1, 0.15) is 13.3 Å². The van der Waals surface area contributed by atoms with E-state index < -0.39 is 0 Å². The van der Waals surface area contributed by atoms with E-state index in [4.69, 9.17) is 0 Å². The van der Waals surface area contributed by atoms with Crippen molar-refractivity contribution in [3.8, 4) is 0 Å². The molecule has 0 saturated heterocycles. The molecule has 8 heavy (non-hydrogen) atoms. The van der Waals surface area contributed by atoms with E-state index in [0.717, 1.165) is 0 Å². The van der Waals surface area contributed by atoms with Gasteiger partial charge in [-0.1, -0.05) is 6.92 Å². The Hall–Kier alpha value is -0.860. The highest BCUT2D eigenvalue weighted by Crippen LogP contribution is 1.80. The molecular formula is C5H9NO2. The topological polar surface area (TPSA) is 46.2 Å². The summed E-state index contributed by atoms with van der Waals surface area (Å²) in [5.74, 6) is 0. The number of hydrogen-bond acceptors (Lipinski definition) is 2. The summed E-state index contributed by atoms with van der Waals surface area (Å²) >= 11 is 0. The summed E-state index contributed by atoms with van der Waals surface area (Å²) < 4.78 is 0. The lowest BCUT2D eigenvalue weighted by molar-refractivity contribution is -0.115. The molecule has 0 bridgehead atoms. The van der Waals surface area contributed by atoms with Crippen molar-refractivity contribution in [1.82, 2.24) is 5.32 Å². The van der Waals surface area contributed by atoms with Gasteiger partial charge in [-0.3, -0.25) is 4.79 Å². The van der Waals surface area contributed by atoms with Crippen LogP contribution in [0.5, 0.6) is 0 Å². The molecular weight excluding hydrogens is 106 g/mol. The van der Waals surface area contributed by atoms with Gasteiger partial charge in [-0.05, 0) is 6.42 Å². The van der Waals surface area contributed by atoms with Gasteiger partial charge in [0.05, 0.1) is 6.04 Å². The fraction of sp³-hybridized carbons (Fsp3) is 0.600. The first-order valence-corrected chi connectivity index (χ1v) is 2.50. The molecule has 0 fully saturated rings. The van der Waals surface area contributed by atoms with Gasteiger partial charge in [0.15, 0.2) is 0 Å². The van der Waals surface area contributed by atoms with E-state index in [1.54, 1.807) is 0 Å². The molecule has 0 aliphatic heterocycles. The third-order valence-corrected chi connectivity index (χ3v) is 0.886. The first-order chi connectivity index (χ1) is 3.85. The Labute approximate surface area is 48.1 Å². The van der Waals surface area contributed by atoms with Crippen molar-refractivity contribution >= 4 is 12.7 Å². The summed E-state index contributed by atoms with van der Waals surface area (Å²) in [5.41, 5.74) is 0. The summed E-state index contributed by atoms with van der Waals surface area (Å²) in [7, 11) is 0. The van der Waals surface area contributed by atoms with Crippen molar-refractivity contribution in [2.75, 3.05) is 0 Å². The lowest BCUT2D eigenvalue weighted by Gasteiger charge is -2.01. The van der Waals surface area contributed by atoms with Crippen molar-refractivity contribution in [2.24, 2.45) is 0 Å². The fourth-order valence-corrected chi connectivity index (χ4v) is 0.341. The maximum atomic E-state index is 9.90. The van der Waals surface area contributed by atoms with Gasteiger partial charge in [-0.15, -0.1) is 0 Å². The van der Waals surface area contributed by atoms with E-state index in [0.29, 0.717) is 19.1 Å². The van der Waals surface area contributed by atoms with Crippen LogP contribution in [-0.4, -0.2) is 18.7 Å². The SMILES string of the molecule is CCC(C=O)NC=O. The van der Waals surface area contributed by atoms with Crippen LogP contribution in [0.4, 0.5) is 0 Å². The van der Waals surface area contributed by atoms with Gasteiger partial charge in [-0.2, -0.15) is 0 Å². The Bertz CT molecular complexity index is 82.5. The summed E-state index contributed by atoms with van der Waals surface area (Å²) in [6, 6.07) is -0.299. The molecule has 46 valence electrons. The van der Waals surface area contributed by atoms with Crippen LogP contribution in [-0.2, 0) is 9.59 Å². The monoisotopic (exact) mass is 115 g/mol. The molecule has 0 aromatic rings. The van der Waals surface area contributed by atoms with Crippen LogP contribution in [0.3, 0.4) is 0 Å². The van der Waals surface area contributed by atoms with Gasteiger partial charge in [0.25, 0.3) is 0 Å². The molecule has 0 rings (SSSR count). The Kier molecular flexibility index (Phi) is 3.84. The number of hydrogen-bond donors (Lipinski definition) is 1. The molecule has 0 spiro atoms. The van der Waals surface area contributed by atoms with Crippen LogP contribution in [0.2, 0.25) is 0 Å². The van der Waals surface area contributed by atoms with Gasteiger partial charge >= 0.3 is 0 Å². The van der Waals surface area contributed by atoms with Crippen molar-refractivity contribution in [2.45, 2.75) is 19.4 Å². The average molecular weight is 115 g/mol. The fourth-order valence-electron chi connectivity index (χ4n) is 0.341. The van der Waals surface area contributed by atoms with Gasteiger partial charge < -0.3 is 10.1 Å². The minimum atomic E-state index is -0.299. The second kappa shape index (κ2) is 4.30.